The topological polar surface area (TPSA) is 53.6 Å². The molecule has 0 bridgehead atoms. The number of nitrogens with one attached hydrogen (secondary N) is 2. The Morgan fingerprint density at radius 2 is 2.04 bits per heavy atom. The van der Waals surface area contributed by atoms with Gasteiger partial charge in [-0.05, 0) is 43.3 Å². The molecule has 0 aliphatic carbocycles. The summed E-state index contributed by atoms with van der Waals surface area (Å²) in [4.78, 5) is 13.6. The number of halogens is 2. The second kappa shape index (κ2) is 8.16. The van der Waals surface area contributed by atoms with Crippen molar-refractivity contribution in [2.45, 2.75) is 19.0 Å². The van der Waals surface area contributed by atoms with E-state index in [1.54, 1.807) is 23.1 Å². The lowest BCUT2D eigenvalue weighted by atomic mass is 9.98. The van der Waals surface area contributed by atoms with Crippen molar-refractivity contribution in [2.24, 2.45) is 0 Å². The van der Waals surface area contributed by atoms with Crippen LogP contribution < -0.4 is 15.4 Å². The molecule has 0 spiro atoms. The van der Waals surface area contributed by atoms with Gasteiger partial charge in [-0.3, -0.25) is 0 Å². The molecule has 0 aromatic heterocycles. The lowest BCUT2D eigenvalue weighted by Gasteiger charge is -2.33. The minimum Gasteiger partial charge on any atom is -0.457 e. The number of carbonyl (C=O) groups excluding carboxylic acids is 1. The second-order valence-electron chi connectivity index (χ2n) is 6.22. The van der Waals surface area contributed by atoms with Crippen LogP contribution in [0, 0.1) is 0 Å². The number of hydrogen-bond acceptors (Lipinski definition) is 3. The lowest BCUT2D eigenvalue weighted by Crippen LogP contribution is -2.45. The highest BCUT2D eigenvalue weighted by Crippen LogP contribution is 2.34. The third kappa shape index (κ3) is 4.06. The van der Waals surface area contributed by atoms with Gasteiger partial charge in [-0.1, -0.05) is 29.3 Å². The molecule has 2 N–H and O–H groups in total. The first kappa shape index (κ1) is 18.8. The van der Waals surface area contributed by atoms with Crippen molar-refractivity contribution >= 4 is 29.2 Å². The zero-order chi connectivity index (χ0) is 18.7. The summed E-state index contributed by atoms with van der Waals surface area (Å²) in [5.74, 6) is 1.36. The Morgan fingerprint density at radius 3 is 2.77 bits per heavy atom. The highest BCUT2D eigenvalue weighted by molar-refractivity contribution is 6.42. The quantitative estimate of drug-likeness (QED) is 0.780. The molecule has 2 aromatic carbocycles. The summed E-state index contributed by atoms with van der Waals surface area (Å²) >= 11 is 12.0. The monoisotopic (exact) mass is 393 g/mol. The van der Waals surface area contributed by atoms with Crippen molar-refractivity contribution < 1.29 is 9.53 Å². The standard InChI is InChI=1S/C19H21Cl2N3O2/c1-22-11-13-9-12(17-7-8-23-19(25)24(17)2)3-6-18(13)26-14-4-5-15(20)16(21)10-14/h3-6,9-10,17,22H,7-8,11H2,1-2H3,(H,23,25). The predicted octanol–water partition coefficient (Wildman–Crippen LogP) is 4.59. The molecule has 26 heavy (non-hydrogen) atoms. The maximum Gasteiger partial charge on any atom is 0.317 e. The third-order valence-corrected chi connectivity index (χ3v) is 5.18. The number of benzene rings is 2. The number of ether oxygens (including phenoxy) is 1. The molecule has 1 unspecified atom stereocenters. The maximum absolute atomic E-state index is 11.9. The molecule has 1 aliphatic heterocycles. The van der Waals surface area contributed by atoms with Crippen LogP contribution in [-0.2, 0) is 6.54 Å². The van der Waals surface area contributed by atoms with Gasteiger partial charge in [0.1, 0.15) is 11.5 Å². The van der Waals surface area contributed by atoms with E-state index in [-0.39, 0.29) is 12.1 Å². The molecule has 0 saturated carbocycles. The van der Waals surface area contributed by atoms with Gasteiger partial charge in [0.2, 0.25) is 0 Å². The summed E-state index contributed by atoms with van der Waals surface area (Å²) in [6.45, 7) is 1.32. The average molecular weight is 394 g/mol. The molecule has 1 heterocycles. The van der Waals surface area contributed by atoms with E-state index in [4.69, 9.17) is 27.9 Å². The summed E-state index contributed by atoms with van der Waals surface area (Å²) in [6.07, 6.45) is 0.869. The number of rotatable bonds is 5. The highest BCUT2D eigenvalue weighted by atomic mass is 35.5. The molecule has 1 saturated heterocycles. The summed E-state index contributed by atoms with van der Waals surface area (Å²) in [5, 5.41) is 6.95. The van der Waals surface area contributed by atoms with E-state index in [2.05, 4.69) is 16.7 Å². The van der Waals surface area contributed by atoms with Gasteiger partial charge in [-0.25, -0.2) is 4.79 Å². The molecular weight excluding hydrogens is 373 g/mol. The van der Waals surface area contributed by atoms with Crippen molar-refractivity contribution in [3.63, 3.8) is 0 Å². The van der Waals surface area contributed by atoms with Gasteiger partial charge in [0.15, 0.2) is 0 Å². The minimum atomic E-state index is -0.0486. The Labute approximate surface area is 163 Å². The van der Waals surface area contributed by atoms with E-state index in [1.165, 1.54) is 0 Å². The van der Waals surface area contributed by atoms with Crippen molar-refractivity contribution in [3.05, 3.63) is 57.6 Å². The Morgan fingerprint density at radius 1 is 1.23 bits per heavy atom. The summed E-state index contributed by atoms with van der Waals surface area (Å²) in [6, 6.07) is 11.2. The van der Waals surface area contributed by atoms with E-state index in [1.807, 2.05) is 26.2 Å². The smallest absolute Gasteiger partial charge is 0.317 e. The normalized spacial score (nSPS) is 17.2. The van der Waals surface area contributed by atoms with Crippen LogP contribution in [0.5, 0.6) is 11.5 Å². The van der Waals surface area contributed by atoms with Gasteiger partial charge >= 0.3 is 6.03 Å². The van der Waals surface area contributed by atoms with E-state index < -0.39 is 0 Å². The predicted molar refractivity (Wildman–Crippen MR) is 104 cm³/mol. The molecular formula is C19H21Cl2N3O2. The van der Waals surface area contributed by atoms with Crippen molar-refractivity contribution in [1.82, 2.24) is 15.5 Å². The second-order valence-corrected chi connectivity index (χ2v) is 7.04. The largest absolute Gasteiger partial charge is 0.457 e. The molecule has 7 heteroatoms. The number of urea groups is 1. The van der Waals surface area contributed by atoms with Gasteiger partial charge in [-0.2, -0.15) is 0 Å². The molecule has 1 aliphatic rings. The number of nitrogens with zero attached hydrogens (tertiary/aromatic N) is 1. The van der Waals surface area contributed by atoms with Crippen LogP contribution >= 0.6 is 23.2 Å². The Balaban J connectivity index is 1.88. The molecule has 1 fully saturated rings. The van der Waals surface area contributed by atoms with Crippen LogP contribution in [0.15, 0.2) is 36.4 Å². The molecule has 2 aromatic rings. The van der Waals surface area contributed by atoms with Crippen molar-refractivity contribution in [2.75, 3.05) is 20.6 Å². The molecule has 2 amide bonds. The van der Waals surface area contributed by atoms with Crippen molar-refractivity contribution in [1.29, 1.82) is 0 Å². The molecule has 0 radical (unpaired) electrons. The van der Waals surface area contributed by atoms with Crippen LogP contribution in [0.1, 0.15) is 23.6 Å². The van der Waals surface area contributed by atoms with Gasteiger partial charge in [0, 0.05) is 31.8 Å². The summed E-state index contributed by atoms with van der Waals surface area (Å²) < 4.78 is 6.01. The Bertz CT molecular complexity index is 813. The highest BCUT2D eigenvalue weighted by Gasteiger charge is 2.26. The zero-order valence-corrected chi connectivity index (χ0v) is 16.2. The fraction of sp³-hybridized carbons (Fsp3) is 0.316. The first-order valence-electron chi connectivity index (χ1n) is 8.40. The molecule has 3 rings (SSSR count). The summed E-state index contributed by atoms with van der Waals surface area (Å²) in [5.41, 5.74) is 2.10. The first-order valence-corrected chi connectivity index (χ1v) is 9.16. The summed E-state index contributed by atoms with van der Waals surface area (Å²) in [7, 11) is 3.70. The Kier molecular flexibility index (Phi) is 5.91. The fourth-order valence-corrected chi connectivity index (χ4v) is 3.36. The Hall–Kier alpha value is -1.95. The molecule has 138 valence electrons. The average Bonchev–Trinajstić information content (AvgIpc) is 2.62. The third-order valence-electron chi connectivity index (χ3n) is 4.44. The van der Waals surface area contributed by atoms with E-state index in [0.717, 1.165) is 23.3 Å². The van der Waals surface area contributed by atoms with Gasteiger partial charge < -0.3 is 20.3 Å². The number of hydrogen-bond donors (Lipinski definition) is 2. The van der Waals surface area contributed by atoms with Crippen LogP contribution in [0.2, 0.25) is 10.0 Å². The first-order chi connectivity index (χ1) is 12.5. The van der Waals surface area contributed by atoms with E-state index >= 15 is 0 Å². The van der Waals surface area contributed by atoms with Gasteiger partial charge in [0.05, 0.1) is 16.1 Å². The van der Waals surface area contributed by atoms with Crippen LogP contribution in [0.4, 0.5) is 4.79 Å². The fourth-order valence-electron chi connectivity index (χ4n) is 3.07. The SMILES string of the molecule is CNCc1cc(C2CCNC(=O)N2C)ccc1Oc1ccc(Cl)c(Cl)c1. The maximum atomic E-state index is 11.9. The number of amides is 2. The van der Waals surface area contributed by atoms with Crippen LogP contribution in [-0.4, -0.2) is 31.6 Å². The molecule has 1 atom stereocenters. The van der Waals surface area contributed by atoms with E-state index in [0.29, 0.717) is 28.9 Å². The lowest BCUT2D eigenvalue weighted by molar-refractivity contribution is 0.172. The van der Waals surface area contributed by atoms with Gasteiger partial charge in [0.25, 0.3) is 0 Å². The van der Waals surface area contributed by atoms with Crippen molar-refractivity contribution in [3.8, 4) is 11.5 Å². The van der Waals surface area contributed by atoms with Crippen LogP contribution in [0.25, 0.3) is 0 Å². The van der Waals surface area contributed by atoms with Crippen LogP contribution in [0.3, 0.4) is 0 Å². The van der Waals surface area contributed by atoms with E-state index in [9.17, 15) is 4.79 Å². The van der Waals surface area contributed by atoms with Gasteiger partial charge in [-0.15, -0.1) is 0 Å². The minimum absolute atomic E-state index is 0.0486. The number of carbonyl (C=O) groups is 1. The zero-order valence-electron chi connectivity index (χ0n) is 14.7. The molecule has 5 nitrogen and oxygen atoms in total.